The van der Waals surface area contributed by atoms with Crippen molar-refractivity contribution in [2.45, 2.75) is 51.1 Å². The van der Waals surface area contributed by atoms with Gasteiger partial charge in [-0.25, -0.2) is 0 Å². The van der Waals surface area contributed by atoms with Gasteiger partial charge >= 0.3 is 0 Å². The monoisotopic (exact) mass is 260 g/mol. The van der Waals surface area contributed by atoms with Crippen molar-refractivity contribution < 1.29 is 0 Å². The zero-order valence-corrected chi connectivity index (χ0v) is 12.3. The molecule has 0 radical (unpaired) electrons. The maximum absolute atomic E-state index is 3.58. The van der Waals surface area contributed by atoms with Gasteiger partial charge in [-0.1, -0.05) is 43.2 Å². The third-order valence-corrected chi connectivity index (χ3v) is 3.77. The minimum absolute atomic E-state index is 0.872. The summed E-state index contributed by atoms with van der Waals surface area (Å²) in [5.74, 6) is 0. The largest absolute Gasteiger partial charge is 0.314 e. The second kappa shape index (κ2) is 8.34. The van der Waals surface area contributed by atoms with E-state index in [9.17, 15) is 0 Å². The molecule has 1 aliphatic carbocycles. The van der Waals surface area contributed by atoms with Crippen LogP contribution in [0.15, 0.2) is 30.3 Å². The molecular formula is C17H28N2. The summed E-state index contributed by atoms with van der Waals surface area (Å²) in [6.07, 6.45) is 8.23. The Morgan fingerprint density at radius 1 is 1.05 bits per heavy atom. The zero-order chi connectivity index (χ0) is 13.3. The average molecular weight is 260 g/mol. The van der Waals surface area contributed by atoms with Crippen molar-refractivity contribution in [1.82, 2.24) is 10.2 Å². The first-order valence-corrected chi connectivity index (χ1v) is 7.80. The van der Waals surface area contributed by atoms with Crippen molar-refractivity contribution in [2.75, 3.05) is 20.1 Å². The molecule has 0 heterocycles. The second-order valence-corrected chi connectivity index (χ2v) is 5.87. The number of benzene rings is 1. The SMILES string of the molecule is CN(CCCCCCNC1CC1)Cc1ccccc1. The van der Waals surface area contributed by atoms with E-state index in [0.717, 1.165) is 12.6 Å². The molecule has 1 saturated carbocycles. The highest BCUT2D eigenvalue weighted by molar-refractivity contribution is 5.14. The molecule has 0 bridgehead atoms. The van der Waals surface area contributed by atoms with Gasteiger partial charge in [0.15, 0.2) is 0 Å². The van der Waals surface area contributed by atoms with E-state index in [4.69, 9.17) is 0 Å². The number of hydrogen-bond acceptors (Lipinski definition) is 2. The molecule has 1 aliphatic rings. The number of rotatable bonds is 10. The molecule has 0 amide bonds. The molecule has 19 heavy (non-hydrogen) atoms. The normalized spacial score (nSPS) is 15.1. The molecule has 0 aromatic heterocycles. The van der Waals surface area contributed by atoms with E-state index >= 15 is 0 Å². The summed E-state index contributed by atoms with van der Waals surface area (Å²) in [5, 5.41) is 3.58. The van der Waals surface area contributed by atoms with E-state index in [2.05, 4.69) is 47.6 Å². The lowest BCUT2D eigenvalue weighted by atomic mass is 10.1. The number of nitrogens with zero attached hydrogens (tertiary/aromatic N) is 1. The Hall–Kier alpha value is -0.860. The van der Waals surface area contributed by atoms with Crippen LogP contribution < -0.4 is 5.32 Å². The van der Waals surface area contributed by atoms with E-state index in [1.807, 2.05) is 0 Å². The third kappa shape index (κ3) is 6.74. The van der Waals surface area contributed by atoms with Crippen LogP contribution in [0.4, 0.5) is 0 Å². The lowest BCUT2D eigenvalue weighted by Crippen LogP contribution is -2.19. The van der Waals surface area contributed by atoms with Crippen molar-refractivity contribution in [2.24, 2.45) is 0 Å². The fourth-order valence-corrected chi connectivity index (χ4v) is 2.43. The molecule has 1 N–H and O–H groups in total. The van der Waals surface area contributed by atoms with Gasteiger partial charge in [-0.05, 0) is 51.4 Å². The maximum Gasteiger partial charge on any atom is 0.0230 e. The topological polar surface area (TPSA) is 15.3 Å². The van der Waals surface area contributed by atoms with Crippen LogP contribution in [0.1, 0.15) is 44.1 Å². The van der Waals surface area contributed by atoms with Crippen molar-refractivity contribution in [3.8, 4) is 0 Å². The minimum atomic E-state index is 0.872. The van der Waals surface area contributed by atoms with Crippen LogP contribution in [0.2, 0.25) is 0 Å². The lowest BCUT2D eigenvalue weighted by Gasteiger charge is -2.16. The Bertz CT molecular complexity index is 332. The van der Waals surface area contributed by atoms with E-state index in [-0.39, 0.29) is 0 Å². The summed E-state index contributed by atoms with van der Waals surface area (Å²) in [5.41, 5.74) is 1.42. The van der Waals surface area contributed by atoms with Crippen LogP contribution in [0.5, 0.6) is 0 Å². The summed E-state index contributed by atoms with van der Waals surface area (Å²) in [6.45, 7) is 3.51. The number of hydrogen-bond donors (Lipinski definition) is 1. The fraction of sp³-hybridized carbons (Fsp3) is 0.647. The smallest absolute Gasteiger partial charge is 0.0230 e. The van der Waals surface area contributed by atoms with Gasteiger partial charge in [-0.2, -0.15) is 0 Å². The summed E-state index contributed by atoms with van der Waals surface area (Å²) >= 11 is 0. The molecule has 2 nitrogen and oxygen atoms in total. The van der Waals surface area contributed by atoms with E-state index in [1.54, 1.807) is 0 Å². The first-order chi connectivity index (χ1) is 9.34. The van der Waals surface area contributed by atoms with Crippen molar-refractivity contribution >= 4 is 0 Å². The summed E-state index contributed by atoms with van der Waals surface area (Å²) in [7, 11) is 2.22. The molecule has 0 spiro atoms. The van der Waals surface area contributed by atoms with Crippen LogP contribution in [0.25, 0.3) is 0 Å². The van der Waals surface area contributed by atoms with Gasteiger partial charge in [0, 0.05) is 12.6 Å². The van der Waals surface area contributed by atoms with Gasteiger partial charge < -0.3 is 10.2 Å². The molecule has 1 aromatic carbocycles. The van der Waals surface area contributed by atoms with Crippen LogP contribution >= 0.6 is 0 Å². The molecule has 0 atom stereocenters. The van der Waals surface area contributed by atoms with Crippen molar-refractivity contribution in [1.29, 1.82) is 0 Å². The molecule has 1 aromatic rings. The third-order valence-electron chi connectivity index (χ3n) is 3.77. The Kier molecular flexibility index (Phi) is 6.38. The van der Waals surface area contributed by atoms with Crippen LogP contribution in [-0.4, -0.2) is 31.1 Å². The maximum atomic E-state index is 3.58. The van der Waals surface area contributed by atoms with Crippen molar-refractivity contribution in [3.05, 3.63) is 35.9 Å². The van der Waals surface area contributed by atoms with E-state index in [1.165, 1.54) is 57.2 Å². The van der Waals surface area contributed by atoms with Gasteiger partial charge in [0.2, 0.25) is 0 Å². The Morgan fingerprint density at radius 3 is 2.53 bits per heavy atom. The molecule has 1 fully saturated rings. The molecule has 2 rings (SSSR count). The highest BCUT2D eigenvalue weighted by Gasteiger charge is 2.19. The van der Waals surface area contributed by atoms with Gasteiger partial charge in [0.05, 0.1) is 0 Å². The lowest BCUT2D eigenvalue weighted by molar-refractivity contribution is 0.316. The zero-order valence-electron chi connectivity index (χ0n) is 12.3. The van der Waals surface area contributed by atoms with Gasteiger partial charge in [-0.3, -0.25) is 0 Å². The van der Waals surface area contributed by atoms with Crippen LogP contribution in [0, 0.1) is 0 Å². The summed E-state index contributed by atoms with van der Waals surface area (Å²) in [4.78, 5) is 2.43. The Balaban J connectivity index is 1.43. The summed E-state index contributed by atoms with van der Waals surface area (Å²) < 4.78 is 0. The quantitative estimate of drug-likeness (QED) is 0.648. The van der Waals surface area contributed by atoms with Crippen molar-refractivity contribution in [3.63, 3.8) is 0 Å². The van der Waals surface area contributed by atoms with E-state index < -0.39 is 0 Å². The average Bonchev–Trinajstić information content (AvgIpc) is 3.23. The summed E-state index contributed by atoms with van der Waals surface area (Å²) in [6, 6.07) is 11.6. The van der Waals surface area contributed by atoms with Crippen LogP contribution in [0.3, 0.4) is 0 Å². The molecular weight excluding hydrogens is 232 g/mol. The molecule has 0 unspecified atom stereocenters. The molecule has 106 valence electrons. The minimum Gasteiger partial charge on any atom is -0.314 e. The molecule has 2 heteroatoms. The fourth-order valence-electron chi connectivity index (χ4n) is 2.43. The predicted molar refractivity (Wildman–Crippen MR) is 82.3 cm³/mol. The Morgan fingerprint density at radius 2 is 1.79 bits per heavy atom. The van der Waals surface area contributed by atoms with Crippen LogP contribution in [-0.2, 0) is 6.54 Å². The predicted octanol–water partition coefficient (Wildman–Crippen LogP) is 3.43. The standard InChI is InChI=1S/C17H28N2/c1-19(15-16-9-5-4-6-10-16)14-8-3-2-7-13-18-17-11-12-17/h4-6,9-10,17-18H,2-3,7-8,11-15H2,1H3. The first-order valence-electron chi connectivity index (χ1n) is 7.80. The number of unbranched alkanes of at least 4 members (excludes halogenated alkanes) is 3. The molecule has 0 aliphatic heterocycles. The molecule has 0 saturated heterocycles. The second-order valence-electron chi connectivity index (χ2n) is 5.87. The van der Waals surface area contributed by atoms with Gasteiger partial charge in [0.1, 0.15) is 0 Å². The van der Waals surface area contributed by atoms with E-state index in [0.29, 0.717) is 0 Å². The van der Waals surface area contributed by atoms with Gasteiger partial charge in [-0.15, -0.1) is 0 Å². The Labute approximate surface area is 118 Å². The highest BCUT2D eigenvalue weighted by atomic mass is 15.1. The first kappa shape index (κ1) is 14.5. The number of nitrogens with one attached hydrogen (secondary N) is 1. The highest BCUT2D eigenvalue weighted by Crippen LogP contribution is 2.18. The van der Waals surface area contributed by atoms with Gasteiger partial charge in [0.25, 0.3) is 0 Å².